The van der Waals surface area contributed by atoms with Crippen LogP contribution >= 0.6 is 12.4 Å². The molecule has 5 nitrogen and oxygen atoms in total. The van der Waals surface area contributed by atoms with Gasteiger partial charge in [0.15, 0.2) is 0 Å². The van der Waals surface area contributed by atoms with Gasteiger partial charge in [-0.05, 0) is 13.0 Å². The van der Waals surface area contributed by atoms with Crippen LogP contribution in [0.25, 0.3) is 0 Å². The second-order valence-corrected chi connectivity index (χ2v) is 2.92. The lowest BCUT2D eigenvalue weighted by molar-refractivity contribution is 0.0923. The number of nitrogens with two attached hydrogens (primary N) is 1. The molecule has 0 fully saturated rings. The molecule has 1 heterocycles. The lowest BCUT2D eigenvalue weighted by Gasteiger charge is -2.06. The van der Waals surface area contributed by atoms with Crippen LogP contribution in [-0.2, 0) is 4.74 Å². The fourth-order valence-electron chi connectivity index (χ4n) is 1.07. The number of hydrogen-bond donors (Lipinski definition) is 2. The fourth-order valence-corrected chi connectivity index (χ4v) is 1.07. The van der Waals surface area contributed by atoms with Crippen molar-refractivity contribution in [1.29, 1.82) is 0 Å². The van der Waals surface area contributed by atoms with Crippen LogP contribution in [-0.4, -0.2) is 30.6 Å². The number of nitrogen functional groups attached to an aromatic ring is 1. The summed E-state index contributed by atoms with van der Waals surface area (Å²) >= 11 is 0. The summed E-state index contributed by atoms with van der Waals surface area (Å²) in [5.41, 5.74) is 6.45. The van der Waals surface area contributed by atoms with Gasteiger partial charge in [-0.15, -0.1) is 12.4 Å². The van der Waals surface area contributed by atoms with Crippen molar-refractivity contribution in [1.82, 2.24) is 10.3 Å². The second-order valence-electron chi connectivity index (χ2n) is 2.92. The predicted octanol–water partition coefficient (Wildman–Crippen LogP) is 0.852. The Hall–Kier alpha value is -1.33. The number of rotatable bonds is 5. The summed E-state index contributed by atoms with van der Waals surface area (Å²) in [5.74, 6) is -0.222. The molecule has 0 aromatic carbocycles. The quantitative estimate of drug-likeness (QED) is 0.754. The van der Waals surface area contributed by atoms with Gasteiger partial charge in [0.1, 0.15) is 0 Å². The van der Waals surface area contributed by atoms with E-state index in [0.29, 0.717) is 31.0 Å². The van der Waals surface area contributed by atoms with E-state index in [9.17, 15) is 4.79 Å². The van der Waals surface area contributed by atoms with Gasteiger partial charge in [0, 0.05) is 31.2 Å². The average molecular weight is 246 g/mol. The number of halogens is 1. The van der Waals surface area contributed by atoms with Crippen LogP contribution in [0.1, 0.15) is 17.3 Å². The summed E-state index contributed by atoms with van der Waals surface area (Å²) in [6.45, 7) is 3.52. The molecule has 1 aromatic heterocycles. The molecule has 0 bridgehead atoms. The van der Waals surface area contributed by atoms with E-state index in [2.05, 4.69) is 10.3 Å². The summed E-state index contributed by atoms with van der Waals surface area (Å²) in [7, 11) is 0. The number of nitrogens with one attached hydrogen (secondary N) is 1. The van der Waals surface area contributed by atoms with E-state index in [0.717, 1.165) is 0 Å². The lowest BCUT2D eigenvalue weighted by atomic mass is 10.2. The van der Waals surface area contributed by atoms with Gasteiger partial charge >= 0.3 is 0 Å². The first kappa shape index (κ1) is 14.7. The smallest absolute Gasteiger partial charge is 0.255 e. The van der Waals surface area contributed by atoms with Gasteiger partial charge in [-0.2, -0.15) is 0 Å². The third kappa shape index (κ3) is 4.46. The molecule has 0 aliphatic rings. The Morgan fingerprint density at radius 1 is 1.62 bits per heavy atom. The van der Waals surface area contributed by atoms with E-state index in [-0.39, 0.29) is 18.3 Å². The highest BCUT2D eigenvalue weighted by Crippen LogP contribution is 2.07. The van der Waals surface area contributed by atoms with Crippen molar-refractivity contribution in [2.75, 3.05) is 25.5 Å². The van der Waals surface area contributed by atoms with Crippen LogP contribution in [0.2, 0.25) is 0 Å². The lowest BCUT2D eigenvalue weighted by Crippen LogP contribution is -2.28. The van der Waals surface area contributed by atoms with Crippen molar-refractivity contribution in [3.8, 4) is 0 Å². The largest absolute Gasteiger partial charge is 0.398 e. The second kappa shape index (κ2) is 7.90. The van der Waals surface area contributed by atoms with E-state index in [4.69, 9.17) is 10.5 Å². The normalized spacial score (nSPS) is 9.31. The first-order chi connectivity index (χ1) is 7.25. The minimum absolute atomic E-state index is 0. The van der Waals surface area contributed by atoms with Crippen LogP contribution in [0.4, 0.5) is 5.69 Å². The van der Waals surface area contributed by atoms with Crippen LogP contribution in [0.5, 0.6) is 0 Å². The van der Waals surface area contributed by atoms with Crippen LogP contribution in [0.15, 0.2) is 18.5 Å². The Balaban J connectivity index is 0.00000225. The molecule has 90 valence electrons. The van der Waals surface area contributed by atoms with Crippen molar-refractivity contribution >= 4 is 24.0 Å². The molecule has 0 unspecified atom stereocenters. The summed E-state index contributed by atoms with van der Waals surface area (Å²) in [6.07, 6.45) is 3.00. The highest BCUT2D eigenvalue weighted by atomic mass is 35.5. The summed E-state index contributed by atoms with van der Waals surface area (Å²) in [4.78, 5) is 15.4. The van der Waals surface area contributed by atoms with Crippen molar-refractivity contribution in [3.63, 3.8) is 0 Å². The Kier molecular flexibility index (Phi) is 7.24. The highest BCUT2D eigenvalue weighted by Gasteiger charge is 2.07. The molecule has 0 radical (unpaired) electrons. The SMILES string of the molecule is CCOCCNC(=O)c1cnccc1N.Cl. The molecule has 1 amide bonds. The number of aromatic nitrogens is 1. The van der Waals surface area contributed by atoms with Crippen molar-refractivity contribution in [2.24, 2.45) is 0 Å². The van der Waals surface area contributed by atoms with Crippen molar-refractivity contribution in [2.45, 2.75) is 6.92 Å². The molecule has 0 saturated heterocycles. The number of ether oxygens (including phenoxy) is 1. The van der Waals surface area contributed by atoms with Gasteiger partial charge in [0.05, 0.1) is 12.2 Å². The van der Waals surface area contributed by atoms with E-state index < -0.39 is 0 Å². The molecular weight excluding hydrogens is 230 g/mol. The zero-order valence-corrected chi connectivity index (χ0v) is 9.92. The van der Waals surface area contributed by atoms with E-state index in [1.807, 2.05) is 6.92 Å². The molecule has 0 aliphatic heterocycles. The van der Waals surface area contributed by atoms with Gasteiger partial charge in [0.25, 0.3) is 5.91 Å². The summed E-state index contributed by atoms with van der Waals surface area (Å²) in [5, 5.41) is 2.69. The number of carbonyl (C=O) groups excluding carboxylic acids is 1. The Bertz CT molecular complexity index is 334. The highest BCUT2D eigenvalue weighted by molar-refractivity contribution is 5.98. The molecular formula is C10H16ClN3O2. The zero-order valence-electron chi connectivity index (χ0n) is 9.10. The Morgan fingerprint density at radius 2 is 2.38 bits per heavy atom. The minimum atomic E-state index is -0.222. The Labute approximate surface area is 101 Å². The van der Waals surface area contributed by atoms with E-state index >= 15 is 0 Å². The van der Waals surface area contributed by atoms with Crippen LogP contribution in [0, 0.1) is 0 Å². The first-order valence-corrected chi connectivity index (χ1v) is 4.81. The molecule has 16 heavy (non-hydrogen) atoms. The molecule has 0 saturated carbocycles. The van der Waals surface area contributed by atoms with Gasteiger partial charge < -0.3 is 15.8 Å². The molecule has 0 aliphatic carbocycles. The number of pyridine rings is 1. The number of carbonyl (C=O) groups is 1. The third-order valence-corrected chi connectivity index (χ3v) is 1.84. The third-order valence-electron chi connectivity index (χ3n) is 1.84. The molecule has 0 spiro atoms. The molecule has 0 atom stereocenters. The first-order valence-electron chi connectivity index (χ1n) is 4.81. The number of hydrogen-bond acceptors (Lipinski definition) is 4. The molecule has 1 aromatic rings. The summed E-state index contributed by atoms with van der Waals surface area (Å²) in [6, 6.07) is 1.59. The van der Waals surface area contributed by atoms with E-state index in [1.165, 1.54) is 6.20 Å². The predicted molar refractivity (Wildman–Crippen MR) is 64.7 cm³/mol. The van der Waals surface area contributed by atoms with Crippen molar-refractivity contribution in [3.05, 3.63) is 24.0 Å². The van der Waals surface area contributed by atoms with Crippen LogP contribution < -0.4 is 11.1 Å². The minimum Gasteiger partial charge on any atom is -0.398 e. The molecule has 6 heteroatoms. The van der Waals surface area contributed by atoms with Gasteiger partial charge in [-0.25, -0.2) is 0 Å². The number of nitrogens with zero attached hydrogens (tertiary/aromatic N) is 1. The monoisotopic (exact) mass is 245 g/mol. The zero-order chi connectivity index (χ0) is 11.1. The molecule has 3 N–H and O–H groups in total. The Morgan fingerprint density at radius 3 is 3.00 bits per heavy atom. The van der Waals surface area contributed by atoms with Crippen molar-refractivity contribution < 1.29 is 9.53 Å². The average Bonchev–Trinajstić information content (AvgIpc) is 2.25. The van der Waals surface area contributed by atoms with Crippen LogP contribution in [0.3, 0.4) is 0 Å². The maximum absolute atomic E-state index is 11.5. The molecule has 1 rings (SSSR count). The topological polar surface area (TPSA) is 77.2 Å². The van der Waals surface area contributed by atoms with Gasteiger partial charge in [-0.3, -0.25) is 9.78 Å². The fraction of sp³-hybridized carbons (Fsp3) is 0.400. The standard InChI is InChI=1S/C10H15N3O2.ClH/c1-2-15-6-5-13-10(14)8-7-12-4-3-9(8)11;/h3-4,7H,2,5-6H2,1H3,(H2,11,12)(H,13,14);1H. The van der Waals surface area contributed by atoms with Gasteiger partial charge in [0.2, 0.25) is 0 Å². The van der Waals surface area contributed by atoms with E-state index in [1.54, 1.807) is 12.3 Å². The maximum atomic E-state index is 11.5. The van der Waals surface area contributed by atoms with Gasteiger partial charge in [-0.1, -0.05) is 0 Å². The summed E-state index contributed by atoms with van der Waals surface area (Å²) < 4.78 is 5.09. The number of amides is 1. The maximum Gasteiger partial charge on any atom is 0.255 e. The number of anilines is 1.